The van der Waals surface area contributed by atoms with Crippen LogP contribution in [0.5, 0.6) is 0 Å². The Balaban J connectivity index is 1.92. The van der Waals surface area contributed by atoms with Crippen LogP contribution in [0.3, 0.4) is 0 Å². The molecule has 0 bridgehead atoms. The molecule has 3 aromatic rings. The van der Waals surface area contributed by atoms with Crippen molar-refractivity contribution in [2.45, 2.75) is 13.3 Å². The molecule has 0 spiro atoms. The monoisotopic (exact) mass is 338 g/mol. The highest BCUT2D eigenvalue weighted by Gasteiger charge is 2.05. The number of benzene rings is 3. The van der Waals surface area contributed by atoms with E-state index in [1.54, 1.807) is 0 Å². The molecule has 0 aromatic heterocycles. The maximum atomic E-state index is 4.80. The summed E-state index contributed by atoms with van der Waals surface area (Å²) >= 11 is 0. The predicted molar refractivity (Wildman–Crippen MR) is 111 cm³/mol. The topological polar surface area (TPSA) is 24.7 Å². The third-order valence-electron chi connectivity index (χ3n) is 4.01. The van der Waals surface area contributed by atoms with Crippen molar-refractivity contribution in [2.24, 2.45) is 9.98 Å². The molecule has 0 amide bonds. The molecular weight excluding hydrogens is 316 g/mol. The van der Waals surface area contributed by atoms with Crippen LogP contribution < -0.4 is 0 Å². The summed E-state index contributed by atoms with van der Waals surface area (Å²) in [6.07, 6.45) is 0.705. The van der Waals surface area contributed by atoms with Crippen LogP contribution in [0.15, 0.2) is 113 Å². The Kier molecular flexibility index (Phi) is 5.89. The first-order valence-corrected chi connectivity index (χ1v) is 8.69. The van der Waals surface area contributed by atoms with Gasteiger partial charge in [0.05, 0.1) is 0 Å². The molecule has 0 aliphatic rings. The van der Waals surface area contributed by atoms with E-state index in [0.717, 1.165) is 22.5 Å². The standard InChI is InChI=1S/C24H22N2/c1-19(18-21-12-6-3-7-13-21)25-24(23-16-10-5-11-17-23)26-20(2)22-14-8-4-9-15-22/h3-17H,1,18H2,2H3. The van der Waals surface area contributed by atoms with Crippen LogP contribution in [0.2, 0.25) is 0 Å². The van der Waals surface area contributed by atoms with Crippen molar-refractivity contribution >= 4 is 11.5 Å². The maximum Gasteiger partial charge on any atom is 0.159 e. The number of nitrogens with zero attached hydrogens (tertiary/aromatic N) is 2. The molecule has 0 fully saturated rings. The Morgan fingerprint density at radius 3 is 1.77 bits per heavy atom. The second-order valence-electron chi connectivity index (χ2n) is 6.09. The Labute approximate surface area is 155 Å². The van der Waals surface area contributed by atoms with Crippen LogP contribution in [0, 0.1) is 0 Å². The van der Waals surface area contributed by atoms with Crippen molar-refractivity contribution in [1.82, 2.24) is 0 Å². The molecular formula is C24H22N2. The third-order valence-corrected chi connectivity index (χ3v) is 4.01. The molecule has 0 radical (unpaired) electrons. The average molecular weight is 338 g/mol. The smallest absolute Gasteiger partial charge is 0.159 e. The molecule has 0 heterocycles. The lowest BCUT2D eigenvalue weighted by molar-refractivity contribution is 1.11. The van der Waals surface area contributed by atoms with Gasteiger partial charge in [0.25, 0.3) is 0 Å². The summed E-state index contributed by atoms with van der Waals surface area (Å²) in [6.45, 7) is 6.15. The van der Waals surface area contributed by atoms with Gasteiger partial charge < -0.3 is 0 Å². The van der Waals surface area contributed by atoms with E-state index in [2.05, 4.69) is 30.8 Å². The molecule has 3 rings (SSSR count). The predicted octanol–water partition coefficient (Wildman–Crippen LogP) is 5.70. The van der Waals surface area contributed by atoms with Crippen LogP contribution >= 0.6 is 0 Å². The van der Waals surface area contributed by atoms with Gasteiger partial charge in [0.15, 0.2) is 5.84 Å². The largest absolute Gasteiger partial charge is 0.233 e. The van der Waals surface area contributed by atoms with Crippen molar-refractivity contribution in [2.75, 3.05) is 0 Å². The lowest BCUT2D eigenvalue weighted by Crippen LogP contribution is -2.04. The summed E-state index contributed by atoms with van der Waals surface area (Å²) in [5.74, 6) is 0.688. The molecule has 26 heavy (non-hydrogen) atoms. The summed E-state index contributed by atoms with van der Waals surface area (Å²) in [5, 5.41) is 0. The van der Waals surface area contributed by atoms with Gasteiger partial charge in [-0.3, -0.25) is 0 Å². The van der Waals surface area contributed by atoms with Crippen LogP contribution in [0.25, 0.3) is 0 Å². The maximum absolute atomic E-state index is 4.80. The molecule has 0 N–H and O–H groups in total. The number of rotatable bonds is 5. The molecule has 2 nitrogen and oxygen atoms in total. The first-order chi connectivity index (χ1) is 12.7. The highest BCUT2D eigenvalue weighted by atomic mass is 14.9. The summed E-state index contributed by atoms with van der Waals surface area (Å²) in [4.78, 5) is 9.55. The van der Waals surface area contributed by atoms with Crippen molar-refractivity contribution in [3.05, 3.63) is 120 Å². The normalized spacial score (nSPS) is 12.0. The number of hydrogen-bond donors (Lipinski definition) is 0. The van der Waals surface area contributed by atoms with Gasteiger partial charge in [0.1, 0.15) is 0 Å². The summed E-state index contributed by atoms with van der Waals surface area (Å²) in [6, 6.07) is 30.4. The molecule has 0 aliphatic carbocycles. The van der Waals surface area contributed by atoms with Gasteiger partial charge in [0.2, 0.25) is 0 Å². The molecule has 0 unspecified atom stereocenters. The van der Waals surface area contributed by atoms with Crippen LogP contribution in [-0.4, -0.2) is 11.5 Å². The Bertz CT molecular complexity index is 908. The van der Waals surface area contributed by atoms with Crippen molar-refractivity contribution in [1.29, 1.82) is 0 Å². The highest BCUT2D eigenvalue weighted by Crippen LogP contribution is 2.12. The second kappa shape index (κ2) is 8.72. The quantitative estimate of drug-likeness (QED) is 0.421. The third kappa shape index (κ3) is 4.87. The highest BCUT2D eigenvalue weighted by molar-refractivity contribution is 6.11. The zero-order chi connectivity index (χ0) is 18.2. The molecule has 3 aromatic carbocycles. The average Bonchev–Trinajstić information content (AvgIpc) is 2.69. The van der Waals surface area contributed by atoms with Crippen LogP contribution in [-0.2, 0) is 6.42 Å². The van der Waals surface area contributed by atoms with E-state index in [1.807, 2.05) is 73.7 Å². The number of aliphatic imine (C=N–C) groups is 2. The molecule has 0 aliphatic heterocycles. The van der Waals surface area contributed by atoms with Crippen molar-refractivity contribution in [3.8, 4) is 0 Å². The van der Waals surface area contributed by atoms with E-state index in [1.165, 1.54) is 5.56 Å². The molecule has 0 atom stereocenters. The molecule has 0 saturated heterocycles. The zero-order valence-corrected chi connectivity index (χ0v) is 15.0. The first kappa shape index (κ1) is 17.6. The van der Waals surface area contributed by atoms with Crippen molar-refractivity contribution < 1.29 is 0 Å². The second-order valence-corrected chi connectivity index (χ2v) is 6.09. The first-order valence-electron chi connectivity index (χ1n) is 8.69. The minimum Gasteiger partial charge on any atom is -0.233 e. The van der Waals surface area contributed by atoms with Gasteiger partial charge in [-0.05, 0) is 18.1 Å². The Morgan fingerprint density at radius 2 is 1.19 bits per heavy atom. The van der Waals surface area contributed by atoms with Crippen LogP contribution in [0.1, 0.15) is 23.6 Å². The van der Waals surface area contributed by atoms with E-state index in [4.69, 9.17) is 9.98 Å². The number of amidine groups is 1. The summed E-state index contributed by atoms with van der Waals surface area (Å²) in [7, 11) is 0. The van der Waals surface area contributed by atoms with E-state index in [0.29, 0.717) is 12.3 Å². The van der Waals surface area contributed by atoms with Gasteiger partial charge in [-0.15, -0.1) is 0 Å². The van der Waals surface area contributed by atoms with E-state index in [-0.39, 0.29) is 0 Å². The summed E-state index contributed by atoms with van der Waals surface area (Å²) < 4.78 is 0. The minimum atomic E-state index is 0.688. The fourth-order valence-corrected chi connectivity index (χ4v) is 2.66. The molecule has 128 valence electrons. The zero-order valence-electron chi connectivity index (χ0n) is 15.0. The minimum absolute atomic E-state index is 0.688. The van der Waals surface area contributed by atoms with Gasteiger partial charge in [-0.25, -0.2) is 9.98 Å². The SMILES string of the molecule is C=C(Cc1ccccc1)N=C(N=C(C)c1ccccc1)c1ccccc1. The fraction of sp³-hybridized carbons (Fsp3) is 0.0833. The fourth-order valence-electron chi connectivity index (χ4n) is 2.66. The van der Waals surface area contributed by atoms with Gasteiger partial charge in [-0.1, -0.05) is 97.6 Å². The van der Waals surface area contributed by atoms with Gasteiger partial charge >= 0.3 is 0 Å². The van der Waals surface area contributed by atoms with Gasteiger partial charge in [0, 0.05) is 23.4 Å². The van der Waals surface area contributed by atoms with Gasteiger partial charge in [-0.2, -0.15) is 0 Å². The van der Waals surface area contributed by atoms with E-state index in [9.17, 15) is 0 Å². The number of allylic oxidation sites excluding steroid dienone is 1. The van der Waals surface area contributed by atoms with E-state index >= 15 is 0 Å². The lowest BCUT2D eigenvalue weighted by Gasteiger charge is -2.07. The van der Waals surface area contributed by atoms with Crippen molar-refractivity contribution in [3.63, 3.8) is 0 Å². The summed E-state index contributed by atoms with van der Waals surface area (Å²) in [5.41, 5.74) is 4.99. The lowest BCUT2D eigenvalue weighted by atomic mass is 10.1. The van der Waals surface area contributed by atoms with E-state index < -0.39 is 0 Å². The molecule has 2 heteroatoms. The van der Waals surface area contributed by atoms with Crippen LogP contribution in [0.4, 0.5) is 0 Å². The number of hydrogen-bond acceptors (Lipinski definition) is 1. The Morgan fingerprint density at radius 1 is 0.692 bits per heavy atom. The Hall–Kier alpha value is -3.26. The molecule has 0 saturated carbocycles.